The summed E-state index contributed by atoms with van der Waals surface area (Å²) in [6.45, 7) is 7.01. The summed E-state index contributed by atoms with van der Waals surface area (Å²) < 4.78 is 11.9. The molecule has 0 spiro atoms. The Morgan fingerprint density at radius 2 is 1.52 bits per heavy atom. The van der Waals surface area contributed by atoms with Crippen molar-refractivity contribution in [2.75, 3.05) is 19.8 Å². The van der Waals surface area contributed by atoms with E-state index in [2.05, 4.69) is 24.1 Å². The van der Waals surface area contributed by atoms with Gasteiger partial charge < -0.3 is 25.0 Å². The summed E-state index contributed by atoms with van der Waals surface area (Å²) >= 11 is 7.82. The highest BCUT2D eigenvalue weighted by Crippen LogP contribution is 2.33. The second-order valence-corrected chi connectivity index (χ2v) is 14.8. The van der Waals surface area contributed by atoms with E-state index in [0.717, 1.165) is 45.1 Å². The number of amides is 1. The van der Waals surface area contributed by atoms with Gasteiger partial charge in [0, 0.05) is 13.0 Å². The van der Waals surface area contributed by atoms with E-state index in [1.54, 1.807) is 13.2 Å². The molecule has 2 heterocycles. The summed E-state index contributed by atoms with van der Waals surface area (Å²) in [7, 11) is 1.95. The number of alkyl halides is 1. The Morgan fingerprint density at radius 3 is 2.05 bits per heavy atom. The standard InChI is InChI=1S/C34H63ClN2O6S/c1-6-8-9-10-11-12-13-14-15-16-17-18-19-21-27(38)42-32-30(40)29(39)31(43-34(32)44-5)28(24(3)35)36-33(41)26-22-25(20-7-2)23-37(26)4/h24-26,28-32,34,39-40H,6-23H2,1-5H3,(H,36,41)/t24?,25-,26+,28?,29-,30+,31-,32-,34-/m0/s1. The summed E-state index contributed by atoms with van der Waals surface area (Å²) in [5.41, 5.74) is -0.702. The Bertz CT molecular complexity index is 806. The number of hydrogen-bond donors (Lipinski definition) is 3. The van der Waals surface area contributed by atoms with Crippen LogP contribution in [-0.4, -0.2) is 94.2 Å². The van der Waals surface area contributed by atoms with E-state index in [0.29, 0.717) is 5.92 Å². The van der Waals surface area contributed by atoms with Crippen molar-refractivity contribution in [2.45, 2.75) is 177 Å². The maximum absolute atomic E-state index is 13.3. The minimum Gasteiger partial charge on any atom is -0.456 e. The number of carbonyl (C=O) groups excluding carboxylic acids is 2. The van der Waals surface area contributed by atoms with E-state index in [-0.39, 0.29) is 18.4 Å². The average molecular weight is 663 g/mol. The average Bonchev–Trinajstić information content (AvgIpc) is 3.36. The Hall–Kier alpha value is -0.580. The molecule has 0 aromatic rings. The topological polar surface area (TPSA) is 108 Å². The normalized spacial score (nSPS) is 29.0. The maximum atomic E-state index is 13.3. The number of aliphatic hydroxyl groups is 2. The van der Waals surface area contributed by atoms with Gasteiger partial charge in [0.2, 0.25) is 5.91 Å². The number of unbranched alkanes of at least 4 members (excludes halogenated alkanes) is 12. The SMILES string of the molecule is CCCCCCCCCCCCCCCC(=O)O[C@H]1[C@H](O)[C@H](O)[C@H](C(NC(=O)[C@H]2C[C@H](CCC)CN2C)C(C)Cl)O[C@H]1SC. The molecule has 2 aliphatic heterocycles. The number of likely N-dealkylation sites (N-methyl/N-ethyl adjacent to an activating group) is 1. The fourth-order valence-electron chi connectivity index (χ4n) is 6.72. The van der Waals surface area contributed by atoms with Gasteiger partial charge in [0.15, 0.2) is 6.10 Å². The summed E-state index contributed by atoms with van der Waals surface area (Å²) in [5, 5.41) is 24.6. The third kappa shape index (κ3) is 13.3. The first-order valence-corrected chi connectivity index (χ1v) is 19.2. The summed E-state index contributed by atoms with van der Waals surface area (Å²) in [6, 6.07) is -1.00. The monoisotopic (exact) mass is 662 g/mol. The van der Waals surface area contributed by atoms with Gasteiger partial charge in [-0.1, -0.05) is 97.3 Å². The second kappa shape index (κ2) is 22.1. The lowest BCUT2D eigenvalue weighted by Gasteiger charge is -2.45. The third-order valence-corrected chi connectivity index (χ3v) is 10.5. The Morgan fingerprint density at radius 1 is 0.955 bits per heavy atom. The van der Waals surface area contributed by atoms with Crippen LogP contribution in [0.4, 0.5) is 0 Å². The molecule has 44 heavy (non-hydrogen) atoms. The van der Waals surface area contributed by atoms with Gasteiger partial charge in [-0.05, 0) is 45.4 Å². The molecule has 8 nitrogen and oxygen atoms in total. The molecule has 2 fully saturated rings. The highest BCUT2D eigenvalue weighted by molar-refractivity contribution is 7.99. The number of nitrogens with one attached hydrogen (secondary N) is 1. The van der Waals surface area contributed by atoms with Crippen LogP contribution in [-0.2, 0) is 19.1 Å². The van der Waals surface area contributed by atoms with Gasteiger partial charge in [0.1, 0.15) is 23.7 Å². The van der Waals surface area contributed by atoms with Crippen molar-refractivity contribution in [3.05, 3.63) is 0 Å². The predicted molar refractivity (Wildman–Crippen MR) is 181 cm³/mol. The third-order valence-electron chi connectivity index (χ3n) is 9.36. The Labute approximate surface area is 277 Å². The van der Waals surface area contributed by atoms with Crippen LogP contribution in [0.3, 0.4) is 0 Å². The molecular formula is C34H63ClN2O6S. The zero-order valence-electron chi connectivity index (χ0n) is 28.2. The number of thioether (sulfide) groups is 1. The highest BCUT2D eigenvalue weighted by atomic mass is 35.5. The van der Waals surface area contributed by atoms with Crippen LogP contribution in [0.1, 0.15) is 130 Å². The van der Waals surface area contributed by atoms with Crippen molar-refractivity contribution >= 4 is 35.2 Å². The Balaban J connectivity index is 1.76. The van der Waals surface area contributed by atoms with Crippen LogP contribution in [0.25, 0.3) is 0 Å². The van der Waals surface area contributed by atoms with Crippen molar-refractivity contribution < 1.29 is 29.3 Å². The number of halogens is 1. The van der Waals surface area contributed by atoms with Crippen molar-refractivity contribution in [2.24, 2.45) is 5.92 Å². The highest BCUT2D eigenvalue weighted by Gasteiger charge is 2.50. The molecule has 2 rings (SSSR count). The molecule has 2 saturated heterocycles. The Kier molecular flexibility index (Phi) is 19.9. The number of rotatable bonds is 22. The number of nitrogens with zero attached hydrogens (tertiary/aromatic N) is 1. The molecule has 0 bridgehead atoms. The molecule has 0 radical (unpaired) electrons. The zero-order valence-corrected chi connectivity index (χ0v) is 29.8. The van der Waals surface area contributed by atoms with E-state index in [1.165, 1.54) is 76.0 Å². The molecule has 258 valence electrons. The van der Waals surface area contributed by atoms with Crippen molar-refractivity contribution in [3.8, 4) is 0 Å². The predicted octanol–water partition coefficient (Wildman–Crippen LogP) is 6.42. The number of hydrogen-bond acceptors (Lipinski definition) is 8. The summed E-state index contributed by atoms with van der Waals surface area (Å²) in [5.74, 6) is -0.0742. The number of esters is 1. The number of carbonyl (C=O) groups is 2. The molecule has 3 N–H and O–H groups in total. The molecule has 0 aromatic carbocycles. The lowest BCUT2D eigenvalue weighted by atomic mass is 9.92. The number of ether oxygens (including phenoxy) is 2. The van der Waals surface area contributed by atoms with Gasteiger partial charge >= 0.3 is 5.97 Å². The molecular weight excluding hydrogens is 600 g/mol. The lowest BCUT2D eigenvalue weighted by Crippen LogP contribution is -2.65. The fourth-order valence-corrected chi connectivity index (χ4v) is 7.65. The minimum absolute atomic E-state index is 0.152. The summed E-state index contributed by atoms with van der Waals surface area (Å²) in [6.07, 6.45) is 16.3. The van der Waals surface area contributed by atoms with Gasteiger partial charge in [-0.25, -0.2) is 0 Å². The molecule has 9 atom stereocenters. The smallest absolute Gasteiger partial charge is 0.306 e. The van der Waals surface area contributed by atoms with Gasteiger partial charge in [-0.3, -0.25) is 14.5 Å². The largest absolute Gasteiger partial charge is 0.456 e. The van der Waals surface area contributed by atoms with Crippen molar-refractivity contribution in [3.63, 3.8) is 0 Å². The first kappa shape index (κ1) is 39.6. The van der Waals surface area contributed by atoms with Gasteiger partial charge in [0.25, 0.3) is 0 Å². The lowest BCUT2D eigenvalue weighted by molar-refractivity contribution is -0.218. The van der Waals surface area contributed by atoms with E-state index in [4.69, 9.17) is 21.1 Å². The van der Waals surface area contributed by atoms with E-state index >= 15 is 0 Å². The molecule has 2 aliphatic rings. The molecule has 2 unspecified atom stereocenters. The number of aliphatic hydroxyl groups excluding tert-OH is 2. The van der Waals surface area contributed by atoms with Crippen LogP contribution in [0, 0.1) is 5.92 Å². The molecule has 0 aliphatic carbocycles. The van der Waals surface area contributed by atoms with Crippen LogP contribution in [0.5, 0.6) is 0 Å². The van der Waals surface area contributed by atoms with Crippen LogP contribution in [0.2, 0.25) is 0 Å². The van der Waals surface area contributed by atoms with Crippen LogP contribution in [0.15, 0.2) is 0 Å². The van der Waals surface area contributed by atoms with E-state index < -0.39 is 47.2 Å². The quantitative estimate of drug-likeness (QED) is 0.0693. The van der Waals surface area contributed by atoms with Gasteiger partial charge in [-0.2, -0.15) is 0 Å². The molecule has 10 heteroatoms. The maximum Gasteiger partial charge on any atom is 0.306 e. The second-order valence-electron chi connectivity index (χ2n) is 13.2. The fraction of sp³-hybridized carbons (Fsp3) is 0.941. The first-order chi connectivity index (χ1) is 21.1. The minimum atomic E-state index is -1.38. The van der Waals surface area contributed by atoms with Gasteiger partial charge in [0.05, 0.1) is 17.5 Å². The van der Waals surface area contributed by atoms with Crippen LogP contribution < -0.4 is 5.32 Å². The van der Waals surface area contributed by atoms with E-state index in [9.17, 15) is 19.8 Å². The molecule has 1 amide bonds. The van der Waals surface area contributed by atoms with Crippen LogP contribution >= 0.6 is 23.4 Å². The summed E-state index contributed by atoms with van der Waals surface area (Å²) in [4.78, 5) is 28.0. The first-order valence-electron chi connectivity index (χ1n) is 17.5. The van der Waals surface area contributed by atoms with Crippen molar-refractivity contribution in [1.82, 2.24) is 10.2 Å². The molecule has 0 saturated carbocycles. The number of likely N-dealkylation sites (tertiary alicyclic amines) is 1. The molecule has 0 aromatic heterocycles. The van der Waals surface area contributed by atoms with Crippen molar-refractivity contribution in [1.29, 1.82) is 0 Å². The van der Waals surface area contributed by atoms with Gasteiger partial charge in [-0.15, -0.1) is 23.4 Å². The van der Waals surface area contributed by atoms with E-state index in [1.807, 2.05) is 7.05 Å². The zero-order chi connectivity index (χ0) is 32.5.